The molecule has 3 rings (SSSR count). The predicted molar refractivity (Wildman–Crippen MR) is 77.7 cm³/mol. The van der Waals surface area contributed by atoms with Crippen molar-refractivity contribution in [2.24, 2.45) is 5.41 Å². The van der Waals surface area contributed by atoms with Crippen LogP contribution in [0.3, 0.4) is 0 Å². The molecule has 4 nitrogen and oxygen atoms in total. The molecule has 1 saturated carbocycles. The second-order valence-corrected chi connectivity index (χ2v) is 6.46. The zero-order valence-corrected chi connectivity index (χ0v) is 12.4. The molecule has 20 heavy (non-hydrogen) atoms. The first-order valence-corrected chi connectivity index (χ1v) is 7.83. The maximum atomic E-state index is 12.4. The average Bonchev–Trinajstić information content (AvgIpc) is 2.49. The number of hydrogen-bond acceptors (Lipinski definition) is 3. The van der Waals surface area contributed by atoms with Crippen molar-refractivity contribution in [1.82, 2.24) is 14.9 Å². The third-order valence-corrected chi connectivity index (χ3v) is 5.06. The first-order chi connectivity index (χ1) is 9.69. The summed E-state index contributed by atoms with van der Waals surface area (Å²) in [5.41, 5.74) is 0.912. The van der Waals surface area contributed by atoms with E-state index in [1.165, 1.54) is 44.5 Å². The smallest absolute Gasteiger partial charge is 0.274 e. The number of amides is 1. The number of aromatic nitrogens is 2. The van der Waals surface area contributed by atoms with E-state index in [9.17, 15) is 4.79 Å². The van der Waals surface area contributed by atoms with E-state index in [4.69, 9.17) is 11.6 Å². The molecule has 1 aromatic heterocycles. The van der Waals surface area contributed by atoms with Crippen LogP contribution in [0.15, 0.2) is 12.4 Å². The minimum absolute atomic E-state index is 0.0140. The molecule has 1 saturated heterocycles. The highest BCUT2D eigenvalue weighted by molar-refractivity contribution is 6.29. The Bertz CT molecular complexity index is 472. The highest BCUT2D eigenvalue weighted by atomic mass is 35.5. The quantitative estimate of drug-likeness (QED) is 0.798. The summed E-state index contributed by atoms with van der Waals surface area (Å²) in [6.07, 6.45) is 12.0. The summed E-state index contributed by atoms with van der Waals surface area (Å²) in [4.78, 5) is 22.3. The molecule has 0 aromatic carbocycles. The van der Waals surface area contributed by atoms with Gasteiger partial charge in [0.25, 0.3) is 5.91 Å². The van der Waals surface area contributed by atoms with Crippen molar-refractivity contribution in [1.29, 1.82) is 0 Å². The molecular weight excluding hydrogens is 274 g/mol. The van der Waals surface area contributed by atoms with Gasteiger partial charge in [-0.15, -0.1) is 0 Å². The van der Waals surface area contributed by atoms with Crippen LogP contribution in [-0.2, 0) is 0 Å². The van der Waals surface area contributed by atoms with Gasteiger partial charge in [0, 0.05) is 13.1 Å². The third kappa shape index (κ3) is 2.80. The molecule has 1 spiro atoms. The number of carbonyl (C=O) groups is 1. The van der Waals surface area contributed by atoms with Crippen molar-refractivity contribution in [3.05, 3.63) is 23.2 Å². The molecule has 2 heterocycles. The Balaban J connectivity index is 1.62. The van der Waals surface area contributed by atoms with Crippen LogP contribution in [-0.4, -0.2) is 33.9 Å². The van der Waals surface area contributed by atoms with E-state index in [0.29, 0.717) is 16.3 Å². The van der Waals surface area contributed by atoms with E-state index in [0.717, 1.165) is 25.9 Å². The number of carbonyl (C=O) groups excluding carboxylic acids is 1. The van der Waals surface area contributed by atoms with Crippen LogP contribution in [0.25, 0.3) is 0 Å². The summed E-state index contributed by atoms with van der Waals surface area (Å²) in [7, 11) is 0. The van der Waals surface area contributed by atoms with Gasteiger partial charge in [-0.05, 0) is 31.1 Å². The molecule has 1 aromatic rings. The standard InChI is InChI=1S/C15H20ClN3O/c16-13-11-17-12(10-18-13)14(20)19-8-6-15(7-9-19)4-2-1-3-5-15/h10-11H,1-9H2. The highest BCUT2D eigenvalue weighted by Gasteiger charge is 2.36. The summed E-state index contributed by atoms with van der Waals surface area (Å²) < 4.78 is 0. The molecule has 1 aliphatic carbocycles. The van der Waals surface area contributed by atoms with Crippen LogP contribution in [0, 0.1) is 5.41 Å². The highest BCUT2D eigenvalue weighted by Crippen LogP contribution is 2.44. The van der Waals surface area contributed by atoms with Crippen molar-refractivity contribution < 1.29 is 4.79 Å². The Labute approximate surface area is 124 Å². The number of halogens is 1. The molecule has 5 heteroatoms. The third-order valence-electron chi connectivity index (χ3n) is 4.86. The number of nitrogens with zero attached hydrogens (tertiary/aromatic N) is 3. The van der Waals surface area contributed by atoms with Crippen LogP contribution in [0.1, 0.15) is 55.4 Å². The monoisotopic (exact) mass is 293 g/mol. The van der Waals surface area contributed by atoms with Gasteiger partial charge >= 0.3 is 0 Å². The molecule has 2 aliphatic rings. The maximum Gasteiger partial charge on any atom is 0.274 e. The zero-order chi connectivity index (χ0) is 14.0. The van der Waals surface area contributed by atoms with Crippen LogP contribution in [0.4, 0.5) is 0 Å². The fourth-order valence-corrected chi connectivity index (χ4v) is 3.67. The van der Waals surface area contributed by atoms with Gasteiger partial charge in [-0.1, -0.05) is 30.9 Å². The molecule has 1 amide bonds. The van der Waals surface area contributed by atoms with Gasteiger partial charge in [-0.3, -0.25) is 4.79 Å². The Morgan fingerprint density at radius 3 is 2.35 bits per heavy atom. The largest absolute Gasteiger partial charge is 0.337 e. The first-order valence-electron chi connectivity index (χ1n) is 7.45. The predicted octanol–water partition coefficient (Wildman–Crippen LogP) is 3.32. The average molecular weight is 294 g/mol. The first kappa shape index (κ1) is 13.8. The summed E-state index contributed by atoms with van der Waals surface area (Å²) in [6.45, 7) is 1.70. The number of rotatable bonds is 1. The lowest BCUT2D eigenvalue weighted by Gasteiger charge is -2.44. The second kappa shape index (κ2) is 5.68. The molecule has 0 radical (unpaired) electrons. The van der Waals surface area contributed by atoms with Gasteiger partial charge in [0.2, 0.25) is 0 Å². The van der Waals surface area contributed by atoms with E-state index >= 15 is 0 Å². The molecule has 2 fully saturated rings. The fraction of sp³-hybridized carbons (Fsp3) is 0.667. The van der Waals surface area contributed by atoms with E-state index in [1.54, 1.807) is 0 Å². The van der Waals surface area contributed by atoms with Gasteiger partial charge in [0.05, 0.1) is 12.4 Å². The van der Waals surface area contributed by atoms with Gasteiger partial charge in [-0.2, -0.15) is 0 Å². The fourth-order valence-electron chi connectivity index (χ4n) is 3.57. The molecular formula is C15H20ClN3O. The Hall–Kier alpha value is -1.16. The van der Waals surface area contributed by atoms with E-state index in [-0.39, 0.29) is 5.91 Å². The summed E-state index contributed by atoms with van der Waals surface area (Å²) in [5.74, 6) is -0.0140. The molecule has 0 atom stereocenters. The van der Waals surface area contributed by atoms with Crippen molar-refractivity contribution in [2.45, 2.75) is 44.9 Å². The number of piperidine rings is 1. The summed E-state index contributed by atoms with van der Waals surface area (Å²) in [5, 5.41) is 0.321. The van der Waals surface area contributed by atoms with Crippen LogP contribution < -0.4 is 0 Å². The molecule has 0 unspecified atom stereocenters. The lowest BCUT2D eigenvalue weighted by Crippen LogP contribution is -2.44. The summed E-state index contributed by atoms with van der Waals surface area (Å²) in [6, 6.07) is 0. The second-order valence-electron chi connectivity index (χ2n) is 6.08. The number of hydrogen-bond donors (Lipinski definition) is 0. The normalized spacial score (nSPS) is 21.9. The van der Waals surface area contributed by atoms with Gasteiger partial charge in [-0.25, -0.2) is 9.97 Å². The van der Waals surface area contributed by atoms with E-state index in [1.807, 2.05) is 4.90 Å². The molecule has 1 aliphatic heterocycles. The topological polar surface area (TPSA) is 46.1 Å². The van der Waals surface area contributed by atoms with E-state index < -0.39 is 0 Å². The minimum atomic E-state index is -0.0140. The number of likely N-dealkylation sites (tertiary alicyclic amines) is 1. The van der Waals surface area contributed by atoms with E-state index in [2.05, 4.69) is 9.97 Å². The zero-order valence-electron chi connectivity index (χ0n) is 11.6. The Morgan fingerprint density at radius 1 is 1.05 bits per heavy atom. The summed E-state index contributed by atoms with van der Waals surface area (Å²) >= 11 is 5.70. The van der Waals surface area contributed by atoms with Gasteiger partial charge < -0.3 is 4.90 Å². The van der Waals surface area contributed by atoms with Crippen LogP contribution in [0.2, 0.25) is 5.15 Å². The maximum absolute atomic E-state index is 12.4. The SMILES string of the molecule is O=C(c1cnc(Cl)cn1)N1CCC2(CCCCC2)CC1. The van der Waals surface area contributed by atoms with Gasteiger partial charge in [0.15, 0.2) is 0 Å². The molecule has 0 N–H and O–H groups in total. The molecule has 0 bridgehead atoms. The van der Waals surface area contributed by atoms with Crippen molar-refractivity contribution >= 4 is 17.5 Å². The van der Waals surface area contributed by atoms with Crippen molar-refractivity contribution in [3.63, 3.8) is 0 Å². The van der Waals surface area contributed by atoms with Crippen molar-refractivity contribution in [3.8, 4) is 0 Å². The lowest BCUT2D eigenvalue weighted by atomic mass is 9.68. The lowest BCUT2D eigenvalue weighted by molar-refractivity contribution is 0.0467. The molecule has 108 valence electrons. The Kier molecular flexibility index (Phi) is 3.92. The Morgan fingerprint density at radius 2 is 1.75 bits per heavy atom. The van der Waals surface area contributed by atoms with Gasteiger partial charge in [0.1, 0.15) is 10.8 Å². The van der Waals surface area contributed by atoms with Crippen LogP contribution >= 0.6 is 11.6 Å². The van der Waals surface area contributed by atoms with Crippen LogP contribution in [0.5, 0.6) is 0 Å². The minimum Gasteiger partial charge on any atom is -0.337 e. The van der Waals surface area contributed by atoms with Crippen molar-refractivity contribution in [2.75, 3.05) is 13.1 Å².